The van der Waals surface area contributed by atoms with Crippen LogP contribution in [0.5, 0.6) is 0 Å². The van der Waals surface area contributed by atoms with Gasteiger partial charge in [-0.25, -0.2) is 0 Å². The number of aromatic nitrogens is 4. The maximum atomic E-state index is 12.7. The standard InChI is InChI=1S/C21H19N5O3/c1-25-16-9-10-26(21(27)17-8-5-11-28-17)13-15(16)19(23-25)20-22-18(24-29-20)12-14-6-3-2-4-7-14/h2-8,11H,9-10,12-13H2,1H3. The Bertz CT molecular complexity index is 1140. The molecule has 5 rings (SSSR count). The van der Waals surface area contributed by atoms with E-state index in [1.165, 1.54) is 6.26 Å². The zero-order chi connectivity index (χ0) is 19.8. The number of hydrogen-bond donors (Lipinski definition) is 0. The average Bonchev–Trinajstić information content (AvgIpc) is 3.49. The van der Waals surface area contributed by atoms with Gasteiger partial charge in [0.1, 0.15) is 0 Å². The highest BCUT2D eigenvalue weighted by molar-refractivity contribution is 5.91. The van der Waals surface area contributed by atoms with E-state index < -0.39 is 0 Å². The minimum atomic E-state index is -0.134. The normalized spacial score (nSPS) is 13.5. The van der Waals surface area contributed by atoms with E-state index >= 15 is 0 Å². The molecule has 0 aliphatic carbocycles. The lowest BCUT2D eigenvalue weighted by Crippen LogP contribution is -2.36. The second-order valence-corrected chi connectivity index (χ2v) is 7.03. The summed E-state index contributed by atoms with van der Waals surface area (Å²) in [7, 11) is 1.90. The SMILES string of the molecule is Cn1nc(-c2nc(Cc3ccccc3)no2)c2c1CCN(C(=O)c1ccco1)C2. The van der Waals surface area contributed by atoms with E-state index in [0.717, 1.165) is 16.8 Å². The Kier molecular flexibility index (Phi) is 4.23. The van der Waals surface area contributed by atoms with E-state index in [0.29, 0.717) is 49.1 Å². The van der Waals surface area contributed by atoms with E-state index in [9.17, 15) is 4.79 Å². The van der Waals surface area contributed by atoms with Crippen LogP contribution >= 0.6 is 0 Å². The topological polar surface area (TPSA) is 90.2 Å². The first-order chi connectivity index (χ1) is 14.2. The molecule has 4 heterocycles. The van der Waals surface area contributed by atoms with E-state index in [1.54, 1.807) is 17.0 Å². The molecule has 0 saturated carbocycles. The number of carbonyl (C=O) groups is 1. The number of carbonyl (C=O) groups excluding carboxylic acids is 1. The minimum absolute atomic E-state index is 0.134. The predicted octanol–water partition coefficient (Wildman–Crippen LogP) is 2.85. The quantitative estimate of drug-likeness (QED) is 0.533. The van der Waals surface area contributed by atoms with Crippen LogP contribution in [0.4, 0.5) is 0 Å². The second kappa shape index (κ2) is 7.05. The molecule has 0 fully saturated rings. The highest BCUT2D eigenvalue weighted by Crippen LogP contribution is 2.29. The lowest BCUT2D eigenvalue weighted by Gasteiger charge is -2.26. The van der Waals surface area contributed by atoms with Gasteiger partial charge in [-0.2, -0.15) is 10.1 Å². The first-order valence-electron chi connectivity index (χ1n) is 9.43. The Morgan fingerprint density at radius 3 is 2.83 bits per heavy atom. The molecule has 0 bridgehead atoms. The lowest BCUT2D eigenvalue weighted by atomic mass is 10.0. The smallest absolute Gasteiger partial charge is 0.289 e. The number of furan rings is 1. The molecule has 146 valence electrons. The van der Waals surface area contributed by atoms with Gasteiger partial charge in [0.15, 0.2) is 17.3 Å². The van der Waals surface area contributed by atoms with Crippen molar-refractivity contribution in [2.45, 2.75) is 19.4 Å². The summed E-state index contributed by atoms with van der Waals surface area (Å²) in [5.74, 6) is 1.18. The van der Waals surface area contributed by atoms with Crippen molar-refractivity contribution in [2.24, 2.45) is 7.05 Å². The molecular formula is C21H19N5O3. The number of aryl methyl sites for hydroxylation is 1. The van der Waals surface area contributed by atoms with Crippen molar-refractivity contribution in [1.29, 1.82) is 0 Å². The molecule has 1 aliphatic heterocycles. The highest BCUT2D eigenvalue weighted by Gasteiger charge is 2.30. The van der Waals surface area contributed by atoms with E-state index in [-0.39, 0.29) is 5.91 Å². The number of hydrogen-bond acceptors (Lipinski definition) is 6. The fourth-order valence-electron chi connectivity index (χ4n) is 3.69. The fraction of sp³-hybridized carbons (Fsp3) is 0.238. The van der Waals surface area contributed by atoms with Crippen molar-refractivity contribution in [3.05, 3.63) is 77.1 Å². The highest BCUT2D eigenvalue weighted by atomic mass is 16.5. The van der Waals surface area contributed by atoms with Gasteiger partial charge in [0.05, 0.1) is 12.8 Å². The molecule has 4 aromatic rings. The molecule has 1 aliphatic rings. The number of benzene rings is 1. The third-order valence-corrected chi connectivity index (χ3v) is 5.14. The molecule has 0 spiro atoms. The van der Waals surface area contributed by atoms with Crippen LogP contribution in [0.3, 0.4) is 0 Å². The zero-order valence-electron chi connectivity index (χ0n) is 15.9. The summed E-state index contributed by atoms with van der Waals surface area (Å²) in [6, 6.07) is 13.4. The Labute approximate surface area is 166 Å². The van der Waals surface area contributed by atoms with Gasteiger partial charge in [-0.1, -0.05) is 35.5 Å². The monoisotopic (exact) mass is 389 g/mol. The molecule has 1 aromatic carbocycles. The van der Waals surface area contributed by atoms with Crippen LogP contribution in [0.1, 0.15) is 33.2 Å². The molecule has 1 amide bonds. The van der Waals surface area contributed by atoms with Crippen LogP contribution in [0.25, 0.3) is 11.6 Å². The number of amides is 1. The van der Waals surface area contributed by atoms with Crippen molar-refractivity contribution in [3.63, 3.8) is 0 Å². The van der Waals surface area contributed by atoms with Gasteiger partial charge < -0.3 is 13.8 Å². The van der Waals surface area contributed by atoms with Gasteiger partial charge in [0.25, 0.3) is 11.8 Å². The van der Waals surface area contributed by atoms with E-state index in [1.807, 2.05) is 42.1 Å². The maximum Gasteiger partial charge on any atom is 0.289 e. The van der Waals surface area contributed by atoms with Gasteiger partial charge >= 0.3 is 0 Å². The van der Waals surface area contributed by atoms with Crippen LogP contribution < -0.4 is 0 Å². The number of nitrogens with zero attached hydrogens (tertiary/aromatic N) is 5. The van der Waals surface area contributed by atoms with Crippen LogP contribution in [0.15, 0.2) is 57.7 Å². The summed E-state index contributed by atoms with van der Waals surface area (Å²) in [6.45, 7) is 1.03. The van der Waals surface area contributed by atoms with Crippen molar-refractivity contribution < 1.29 is 13.7 Å². The van der Waals surface area contributed by atoms with Gasteiger partial charge in [0.2, 0.25) is 0 Å². The maximum absolute atomic E-state index is 12.7. The fourth-order valence-corrected chi connectivity index (χ4v) is 3.69. The zero-order valence-corrected chi connectivity index (χ0v) is 15.9. The summed E-state index contributed by atoms with van der Waals surface area (Å²) < 4.78 is 12.6. The first-order valence-corrected chi connectivity index (χ1v) is 9.43. The minimum Gasteiger partial charge on any atom is -0.459 e. The van der Waals surface area contributed by atoms with Crippen molar-refractivity contribution in [3.8, 4) is 11.6 Å². The van der Waals surface area contributed by atoms with Crippen molar-refractivity contribution >= 4 is 5.91 Å². The van der Waals surface area contributed by atoms with Crippen LogP contribution in [0, 0.1) is 0 Å². The summed E-state index contributed by atoms with van der Waals surface area (Å²) in [5, 5.41) is 8.71. The molecule has 0 atom stereocenters. The number of fused-ring (bicyclic) bond motifs is 1. The predicted molar refractivity (Wildman–Crippen MR) is 103 cm³/mol. The molecule has 0 radical (unpaired) electrons. The Balaban J connectivity index is 1.42. The van der Waals surface area contributed by atoms with Gasteiger partial charge in [-0.15, -0.1) is 0 Å². The summed E-state index contributed by atoms with van der Waals surface area (Å²) in [5.41, 5.74) is 3.75. The van der Waals surface area contributed by atoms with Crippen LogP contribution in [0.2, 0.25) is 0 Å². The van der Waals surface area contributed by atoms with Crippen molar-refractivity contribution in [2.75, 3.05) is 6.54 Å². The summed E-state index contributed by atoms with van der Waals surface area (Å²) >= 11 is 0. The van der Waals surface area contributed by atoms with Gasteiger partial charge in [0, 0.05) is 37.7 Å². The molecule has 29 heavy (non-hydrogen) atoms. The van der Waals surface area contributed by atoms with E-state index in [2.05, 4.69) is 15.2 Å². The third kappa shape index (κ3) is 3.22. The van der Waals surface area contributed by atoms with Crippen LogP contribution in [-0.2, 0) is 26.4 Å². The van der Waals surface area contributed by atoms with Crippen molar-refractivity contribution in [1.82, 2.24) is 24.8 Å². The second-order valence-electron chi connectivity index (χ2n) is 7.03. The third-order valence-electron chi connectivity index (χ3n) is 5.14. The summed E-state index contributed by atoms with van der Waals surface area (Å²) in [6.07, 6.45) is 2.80. The molecule has 0 saturated heterocycles. The molecule has 0 N–H and O–H groups in total. The molecule has 0 unspecified atom stereocenters. The lowest BCUT2D eigenvalue weighted by molar-refractivity contribution is 0.0701. The largest absolute Gasteiger partial charge is 0.459 e. The van der Waals surface area contributed by atoms with Gasteiger partial charge in [-0.3, -0.25) is 9.48 Å². The van der Waals surface area contributed by atoms with E-state index in [4.69, 9.17) is 8.94 Å². The molecular weight excluding hydrogens is 370 g/mol. The molecule has 3 aromatic heterocycles. The molecule has 8 nitrogen and oxygen atoms in total. The number of rotatable bonds is 4. The Morgan fingerprint density at radius 1 is 1.17 bits per heavy atom. The van der Waals surface area contributed by atoms with Gasteiger partial charge in [-0.05, 0) is 17.7 Å². The Morgan fingerprint density at radius 2 is 2.03 bits per heavy atom. The Hall–Kier alpha value is -3.68. The average molecular weight is 389 g/mol. The summed E-state index contributed by atoms with van der Waals surface area (Å²) in [4.78, 5) is 19.0. The van der Waals surface area contributed by atoms with Crippen LogP contribution in [-0.4, -0.2) is 37.3 Å². The molecule has 8 heteroatoms. The first kappa shape index (κ1) is 17.4.